The van der Waals surface area contributed by atoms with Crippen molar-refractivity contribution in [2.45, 2.75) is 6.92 Å². The molecule has 0 aliphatic carbocycles. The molecule has 3 nitrogen and oxygen atoms in total. The van der Waals surface area contributed by atoms with Crippen LogP contribution in [0.25, 0.3) is 0 Å². The van der Waals surface area contributed by atoms with Crippen LogP contribution in [0.5, 0.6) is 0 Å². The van der Waals surface area contributed by atoms with Gasteiger partial charge in [-0.2, -0.15) is 8.42 Å². The summed E-state index contributed by atoms with van der Waals surface area (Å²) in [7, 11) is -3.66. The standard InChI is InChI=1S/C2H6O3S.Sr/c1-2-6(3,4)5;/h2H2,1H3,(H,3,4,5);/q;+2. The molecular weight excluding hydrogens is 192 g/mol. The minimum atomic E-state index is -3.66. The van der Waals surface area contributed by atoms with E-state index < -0.39 is 10.1 Å². The first-order chi connectivity index (χ1) is 2.56. The molecule has 0 fully saturated rings. The van der Waals surface area contributed by atoms with Crippen LogP contribution >= 0.6 is 0 Å². The van der Waals surface area contributed by atoms with E-state index in [2.05, 4.69) is 0 Å². The molecule has 38 valence electrons. The third-order valence-corrected chi connectivity index (χ3v) is 1.09. The van der Waals surface area contributed by atoms with Gasteiger partial charge in [0.05, 0.1) is 5.75 Å². The largest absolute Gasteiger partial charge is 2.00 e. The summed E-state index contributed by atoms with van der Waals surface area (Å²) < 4.78 is 26.9. The Bertz CT molecular complexity index is 115. The van der Waals surface area contributed by atoms with Gasteiger partial charge in [-0.1, -0.05) is 0 Å². The molecule has 0 amide bonds. The molecular formula is C2H6O3SSr+2. The molecule has 0 aliphatic heterocycles. The van der Waals surface area contributed by atoms with E-state index in [0.717, 1.165) is 0 Å². The monoisotopic (exact) mass is 198 g/mol. The molecule has 7 heavy (non-hydrogen) atoms. The first-order valence-electron chi connectivity index (χ1n) is 1.51. The molecule has 0 aromatic heterocycles. The van der Waals surface area contributed by atoms with Gasteiger partial charge in [-0.15, -0.1) is 0 Å². The molecule has 0 aromatic rings. The molecule has 5 heteroatoms. The van der Waals surface area contributed by atoms with E-state index in [0.29, 0.717) is 0 Å². The van der Waals surface area contributed by atoms with Crippen molar-refractivity contribution < 1.29 is 13.0 Å². The molecule has 0 radical (unpaired) electrons. The smallest absolute Gasteiger partial charge is 0.286 e. The Morgan fingerprint density at radius 1 is 1.57 bits per heavy atom. The zero-order chi connectivity index (χ0) is 5.21. The Hall–Kier alpha value is 1.39. The average Bonchev–Trinajstić information content (AvgIpc) is 1.35. The SMILES string of the molecule is CCS(=O)(=O)O.[Sr+2]. The van der Waals surface area contributed by atoms with Crippen molar-refractivity contribution in [2.24, 2.45) is 0 Å². The van der Waals surface area contributed by atoms with Gasteiger partial charge in [0.1, 0.15) is 0 Å². The quantitative estimate of drug-likeness (QED) is 0.456. The summed E-state index contributed by atoms with van der Waals surface area (Å²) in [4.78, 5) is 0. The molecule has 0 aromatic carbocycles. The van der Waals surface area contributed by atoms with Crippen molar-refractivity contribution in [1.29, 1.82) is 0 Å². The minimum Gasteiger partial charge on any atom is -0.286 e. The van der Waals surface area contributed by atoms with Gasteiger partial charge in [0, 0.05) is 0 Å². The van der Waals surface area contributed by atoms with E-state index in [9.17, 15) is 8.42 Å². The molecule has 0 bridgehead atoms. The molecule has 0 rings (SSSR count). The van der Waals surface area contributed by atoms with Crippen LogP contribution in [-0.2, 0) is 10.1 Å². The van der Waals surface area contributed by atoms with E-state index in [1.165, 1.54) is 6.92 Å². The van der Waals surface area contributed by atoms with E-state index in [1.807, 2.05) is 0 Å². The summed E-state index contributed by atoms with van der Waals surface area (Å²) in [5, 5.41) is 0. The first-order valence-corrected chi connectivity index (χ1v) is 3.12. The molecule has 0 atom stereocenters. The predicted octanol–water partition coefficient (Wildman–Crippen LogP) is -0.487. The van der Waals surface area contributed by atoms with E-state index in [1.54, 1.807) is 0 Å². The van der Waals surface area contributed by atoms with Crippen molar-refractivity contribution in [2.75, 3.05) is 5.75 Å². The van der Waals surface area contributed by atoms with Crippen LogP contribution in [0.4, 0.5) is 0 Å². The zero-order valence-electron chi connectivity index (χ0n) is 4.09. The van der Waals surface area contributed by atoms with Crippen molar-refractivity contribution in [3.63, 3.8) is 0 Å². The minimum absolute atomic E-state index is 0. The predicted molar refractivity (Wildman–Crippen MR) is 27.8 cm³/mol. The number of hydrogen-bond acceptors (Lipinski definition) is 2. The van der Waals surface area contributed by atoms with Crippen molar-refractivity contribution in [3.8, 4) is 0 Å². The van der Waals surface area contributed by atoms with E-state index >= 15 is 0 Å². The fourth-order valence-electron chi connectivity index (χ4n) is 0. The Labute approximate surface area is 80.1 Å². The second-order valence-electron chi connectivity index (χ2n) is 0.871. The van der Waals surface area contributed by atoms with Crippen LogP contribution in [-0.4, -0.2) is 64.2 Å². The molecule has 0 unspecified atom stereocenters. The number of hydrogen-bond donors (Lipinski definition) is 1. The van der Waals surface area contributed by atoms with Gasteiger partial charge in [0.2, 0.25) is 0 Å². The number of rotatable bonds is 1. The Morgan fingerprint density at radius 2 is 1.71 bits per heavy atom. The first kappa shape index (κ1) is 11.2. The van der Waals surface area contributed by atoms with Crippen molar-refractivity contribution >= 4 is 55.6 Å². The fourth-order valence-corrected chi connectivity index (χ4v) is 0. The molecule has 0 spiro atoms. The second-order valence-corrected chi connectivity index (χ2v) is 2.61. The summed E-state index contributed by atoms with van der Waals surface area (Å²) in [6.07, 6.45) is 0. The maximum absolute atomic E-state index is 9.56. The van der Waals surface area contributed by atoms with E-state index in [4.69, 9.17) is 4.55 Å². The summed E-state index contributed by atoms with van der Waals surface area (Å²) in [6, 6.07) is 0. The maximum atomic E-state index is 9.56. The Kier molecular flexibility index (Phi) is 6.87. The molecule has 0 saturated heterocycles. The van der Waals surface area contributed by atoms with Crippen LogP contribution < -0.4 is 0 Å². The van der Waals surface area contributed by atoms with Gasteiger partial charge in [-0.05, 0) is 6.92 Å². The van der Waals surface area contributed by atoms with Gasteiger partial charge >= 0.3 is 45.5 Å². The summed E-state index contributed by atoms with van der Waals surface area (Å²) in [5.74, 6) is -0.201. The fraction of sp³-hybridized carbons (Fsp3) is 1.00. The molecule has 0 aliphatic rings. The summed E-state index contributed by atoms with van der Waals surface area (Å²) >= 11 is 0. The molecule has 0 saturated carbocycles. The third-order valence-electron chi connectivity index (χ3n) is 0.365. The zero-order valence-corrected chi connectivity index (χ0v) is 8.38. The van der Waals surface area contributed by atoms with Crippen molar-refractivity contribution in [1.82, 2.24) is 0 Å². The van der Waals surface area contributed by atoms with Crippen LogP contribution in [0.15, 0.2) is 0 Å². The van der Waals surface area contributed by atoms with Gasteiger partial charge < -0.3 is 0 Å². The normalized spacial score (nSPS) is 10.0. The van der Waals surface area contributed by atoms with Crippen LogP contribution in [0.2, 0.25) is 0 Å². The van der Waals surface area contributed by atoms with Gasteiger partial charge in [0.25, 0.3) is 10.1 Å². The van der Waals surface area contributed by atoms with Gasteiger partial charge in [-0.3, -0.25) is 4.55 Å². The summed E-state index contributed by atoms with van der Waals surface area (Å²) in [6.45, 7) is 1.37. The second kappa shape index (κ2) is 4.29. The Balaban J connectivity index is 0. The van der Waals surface area contributed by atoms with Gasteiger partial charge in [-0.25, -0.2) is 0 Å². The van der Waals surface area contributed by atoms with Crippen LogP contribution in [0.3, 0.4) is 0 Å². The molecule has 0 heterocycles. The topological polar surface area (TPSA) is 54.4 Å². The van der Waals surface area contributed by atoms with E-state index in [-0.39, 0.29) is 51.2 Å². The molecule has 1 N–H and O–H groups in total. The third kappa shape index (κ3) is 11.1. The van der Waals surface area contributed by atoms with Crippen molar-refractivity contribution in [3.05, 3.63) is 0 Å². The average molecular weight is 198 g/mol. The van der Waals surface area contributed by atoms with Crippen LogP contribution in [0, 0.1) is 0 Å². The summed E-state index contributed by atoms with van der Waals surface area (Å²) in [5.41, 5.74) is 0. The maximum Gasteiger partial charge on any atom is 2.00 e. The van der Waals surface area contributed by atoms with Gasteiger partial charge in [0.15, 0.2) is 0 Å². The Morgan fingerprint density at radius 3 is 1.71 bits per heavy atom. The van der Waals surface area contributed by atoms with Crippen LogP contribution in [0.1, 0.15) is 6.92 Å².